The van der Waals surface area contributed by atoms with Crippen molar-refractivity contribution < 1.29 is 4.74 Å². The first-order valence-electron chi connectivity index (χ1n) is 6.31. The fourth-order valence-electron chi connectivity index (χ4n) is 1.92. The number of nitrogens with one attached hydrogen (secondary N) is 1. The Labute approximate surface area is 113 Å². The molecule has 1 aromatic heterocycles. The molecule has 3 N–H and O–H groups in total. The molecule has 0 saturated heterocycles. The second-order valence-corrected chi connectivity index (χ2v) is 4.38. The lowest BCUT2D eigenvalue weighted by atomic mass is 10.1. The van der Waals surface area contributed by atoms with E-state index in [9.17, 15) is 0 Å². The van der Waals surface area contributed by atoms with Crippen molar-refractivity contribution in [2.24, 2.45) is 0 Å². The fourth-order valence-corrected chi connectivity index (χ4v) is 1.92. The molecule has 0 atom stereocenters. The van der Waals surface area contributed by atoms with Crippen LogP contribution >= 0.6 is 0 Å². The summed E-state index contributed by atoms with van der Waals surface area (Å²) in [5.41, 5.74) is 9.45. The van der Waals surface area contributed by atoms with Gasteiger partial charge in [0.05, 0.1) is 18.5 Å². The fraction of sp³-hybridized carbons (Fsp3) is 0.267. The number of ether oxygens (including phenoxy) is 1. The van der Waals surface area contributed by atoms with E-state index in [1.807, 2.05) is 31.2 Å². The Bertz CT molecular complexity index is 582. The average Bonchev–Trinajstić information content (AvgIpc) is 2.43. The molecule has 0 radical (unpaired) electrons. The summed E-state index contributed by atoms with van der Waals surface area (Å²) in [6, 6.07) is 9.75. The average molecular weight is 257 g/mol. The summed E-state index contributed by atoms with van der Waals surface area (Å²) in [6.45, 7) is 4.00. The van der Waals surface area contributed by atoms with E-state index >= 15 is 0 Å². The predicted octanol–water partition coefficient (Wildman–Crippen LogP) is 3.29. The van der Waals surface area contributed by atoms with E-state index in [2.05, 4.69) is 23.3 Å². The van der Waals surface area contributed by atoms with Crippen LogP contribution in [0.3, 0.4) is 0 Å². The van der Waals surface area contributed by atoms with Crippen molar-refractivity contribution >= 4 is 17.2 Å². The maximum atomic E-state index is 5.76. The van der Waals surface area contributed by atoms with Gasteiger partial charge in [-0.15, -0.1) is 0 Å². The van der Waals surface area contributed by atoms with E-state index in [-0.39, 0.29) is 0 Å². The lowest BCUT2D eigenvalue weighted by Crippen LogP contribution is -1.99. The normalized spacial score (nSPS) is 10.3. The molecule has 0 spiro atoms. The Kier molecular flexibility index (Phi) is 3.90. The maximum Gasteiger partial charge on any atom is 0.130 e. The highest BCUT2D eigenvalue weighted by molar-refractivity contribution is 5.61. The van der Waals surface area contributed by atoms with Gasteiger partial charge in [0, 0.05) is 5.69 Å². The van der Waals surface area contributed by atoms with Crippen LogP contribution in [0.4, 0.5) is 17.2 Å². The van der Waals surface area contributed by atoms with Gasteiger partial charge < -0.3 is 15.8 Å². The van der Waals surface area contributed by atoms with Crippen LogP contribution in [0.5, 0.6) is 5.75 Å². The minimum absolute atomic E-state index is 0.703. The van der Waals surface area contributed by atoms with Crippen LogP contribution in [-0.2, 0) is 6.42 Å². The maximum absolute atomic E-state index is 5.76. The lowest BCUT2D eigenvalue weighted by Gasteiger charge is -2.11. The number of aromatic nitrogens is 1. The summed E-state index contributed by atoms with van der Waals surface area (Å²) in [6.07, 6.45) is 0.923. The number of hydrogen-bond donors (Lipinski definition) is 2. The van der Waals surface area contributed by atoms with Gasteiger partial charge in [-0.2, -0.15) is 0 Å². The molecule has 19 heavy (non-hydrogen) atoms. The molecule has 0 unspecified atom stereocenters. The molecule has 1 aromatic carbocycles. The summed E-state index contributed by atoms with van der Waals surface area (Å²) >= 11 is 0. The van der Waals surface area contributed by atoms with Gasteiger partial charge >= 0.3 is 0 Å². The first-order chi connectivity index (χ1) is 9.13. The van der Waals surface area contributed by atoms with Crippen LogP contribution in [0.15, 0.2) is 30.3 Å². The summed E-state index contributed by atoms with van der Waals surface area (Å²) in [5, 5.41) is 3.28. The second kappa shape index (κ2) is 5.61. The summed E-state index contributed by atoms with van der Waals surface area (Å²) < 4.78 is 5.32. The van der Waals surface area contributed by atoms with Gasteiger partial charge in [0.25, 0.3) is 0 Å². The van der Waals surface area contributed by atoms with Gasteiger partial charge in [-0.3, -0.25) is 0 Å². The lowest BCUT2D eigenvalue weighted by molar-refractivity contribution is 0.410. The molecular formula is C15H19N3O. The SMILES string of the molecule is CCc1cc(Nc2ccc(N)c(C)n2)ccc1OC. The van der Waals surface area contributed by atoms with Gasteiger partial charge in [0.15, 0.2) is 0 Å². The highest BCUT2D eigenvalue weighted by Crippen LogP contribution is 2.25. The van der Waals surface area contributed by atoms with Crippen molar-refractivity contribution in [2.75, 3.05) is 18.2 Å². The molecule has 0 fully saturated rings. The minimum atomic E-state index is 0.703. The van der Waals surface area contributed by atoms with Crippen molar-refractivity contribution in [3.05, 3.63) is 41.6 Å². The largest absolute Gasteiger partial charge is 0.496 e. The summed E-state index contributed by atoms with van der Waals surface area (Å²) in [4.78, 5) is 4.40. The number of nitrogens with zero attached hydrogens (tertiary/aromatic N) is 1. The second-order valence-electron chi connectivity index (χ2n) is 4.38. The number of rotatable bonds is 4. The zero-order chi connectivity index (χ0) is 13.8. The van der Waals surface area contributed by atoms with Gasteiger partial charge in [0.2, 0.25) is 0 Å². The number of anilines is 3. The minimum Gasteiger partial charge on any atom is -0.496 e. The molecular weight excluding hydrogens is 238 g/mol. The number of nitrogens with two attached hydrogens (primary N) is 1. The smallest absolute Gasteiger partial charge is 0.130 e. The molecule has 4 nitrogen and oxygen atoms in total. The molecule has 4 heteroatoms. The number of hydrogen-bond acceptors (Lipinski definition) is 4. The third-order valence-electron chi connectivity index (χ3n) is 3.06. The first-order valence-corrected chi connectivity index (χ1v) is 6.31. The van der Waals surface area contributed by atoms with Crippen LogP contribution in [0, 0.1) is 6.92 Å². The molecule has 0 aliphatic carbocycles. The third kappa shape index (κ3) is 2.96. The number of nitrogen functional groups attached to an aromatic ring is 1. The Morgan fingerprint density at radius 3 is 2.68 bits per heavy atom. The van der Waals surface area contributed by atoms with E-state index in [1.165, 1.54) is 5.56 Å². The van der Waals surface area contributed by atoms with Crippen molar-refractivity contribution in [1.29, 1.82) is 0 Å². The number of methoxy groups -OCH3 is 1. The molecule has 0 saturated carbocycles. The quantitative estimate of drug-likeness (QED) is 0.882. The zero-order valence-corrected chi connectivity index (χ0v) is 11.5. The van der Waals surface area contributed by atoms with Crippen molar-refractivity contribution in [3.8, 4) is 5.75 Å². The number of benzene rings is 1. The van der Waals surface area contributed by atoms with E-state index < -0.39 is 0 Å². The Morgan fingerprint density at radius 2 is 2.05 bits per heavy atom. The zero-order valence-electron chi connectivity index (χ0n) is 11.5. The van der Waals surface area contributed by atoms with Gasteiger partial charge in [-0.1, -0.05) is 6.92 Å². The van der Waals surface area contributed by atoms with E-state index in [4.69, 9.17) is 10.5 Å². The topological polar surface area (TPSA) is 60.2 Å². The molecule has 100 valence electrons. The third-order valence-corrected chi connectivity index (χ3v) is 3.06. The summed E-state index contributed by atoms with van der Waals surface area (Å²) in [5.74, 6) is 1.70. The van der Waals surface area contributed by atoms with Gasteiger partial charge in [-0.25, -0.2) is 4.98 Å². The van der Waals surface area contributed by atoms with E-state index in [1.54, 1.807) is 7.11 Å². The molecule has 2 rings (SSSR count). The van der Waals surface area contributed by atoms with Gasteiger partial charge in [-0.05, 0) is 49.2 Å². The van der Waals surface area contributed by atoms with Crippen LogP contribution < -0.4 is 15.8 Å². The van der Waals surface area contributed by atoms with Crippen molar-refractivity contribution in [1.82, 2.24) is 4.98 Å². The van der Waals surface area contributed by atoms with E-state index in [0.29, 0.717) is 5.69 Å². The van der Waals surface area contributed by atoms with Crippen LogP contribution in [0.1, 0.15) is 18.2 Å². The standard InChI is InChI=1S/C15H19N3O/c1-4-11-9-12(5-7-14(11)19-3)18-15-8-6-13(16)10(2)17-15/h5-9H,4,16H2,1-3H3,(H,17,18). The molecule has 0 aliphatic heterocycles. The summed E-state index contributed by atoms with van der Waals surface area (Å²) in [7, 11) is 1.69. The monoisotopic (exact) mass is 257 g/mol. The first kappa shape index (κ1) is 13.2. The molecule has 1 heterocycles. The highest BCUT2D eigenvalue weighted by Gasteiger charge is 2.04. The Balaban J connectivity index is 2.25. The molecule has 0 amide bonds. The Morgan fingerprint density at radius 1 is 1.26 bits per heavy atom. The highest BCUT2D eigenvalue weighted by atomic mass is 16.5. The van der Waals surface area contributed by atoms with Crippen LogP contribution in [0.2, 0.25) is 0 Å². The molecule has 0 bridgehead atoms. The van der Waals surface area contributed by atoms with Crippen LogP contribution in [0.25, 0.3) is 0 Å². The van der Waals surface area contributed by atoms with Crippen molar-refractivity contribution in [3.63, 3.8) is 0 Å². The molecule has 0 aliphatic rings. The van der Waals surface area contributed by atoms with E-state index in [0.717, 1.165) is 29.4 Å². The predicted molar refractivity (Wildman–Crippen MR) is 79.0 cm³/mol. The number of pyridine rings is 1. The van der Waals surface area contributed by atoms with Crippen molar-refractivity contribution in [2.45, 2.75) is 20.3 Å². The number of aryl methyl sites for hydroxylation is 2. The van der Waals surface area contributed by atoms with Crippen LogP contribution in [-0.4, -0.2) is 12.1 Å². The Hall–Kier alpha value is -2.23. The molecule has 2 aromatic rings. The van der Waals surface area contributed by atoms with Gasteiger partial charge in [0.1, 0.15) is 11.6 Å².